The predicted molar refractivity (Wildman–Crippen MR) is 69.5 cm³/mol. The van der Waals surface area contributed by atoms with Gasteiger partial charge in [-0.3, -0.25) is 9.78 Å². The van der Waals surface area contributed by atoms with Gasteiger partial charge in [0.05, 0.1) is 6.61 Å². The molecule has 0 atom stereocenters. The minimum atomic E-state index is -0.870. The summed E-state index contributed by atoms with van der Waals surface area (Å²) in [5, 5.41) is 2.82. The quantitative estimate of drug-likeness (QED) is 0.838. The van der Waals surface area contributed by atoms with E-state index < -0.39 is 5.54 Å². The predicted octanol–water partition coefficient (Wildman–Crippen LogP) is 1.69. The molecule has 1 amide bonds. The molecular weight excluding hydrogens is 244 g/mol. The molecule has 0 saturated heterocycles. The van der Waals surface area contributed by atoms with Crippen molar-refractivity contribution in [2.75, 3.05) is 6.61 Å². The average molecular weight is 262 g/mol. The van der Waals surface area contributed by atoms with E-state index in [1.54, 1.807) is 31.3 Å². The molecule has 102 valence electrons. The normalized spacial score (nSPS) is 16.9. The van der Waals surface area contributed by atoms with Gasteiger partial charge in [0.15, 0.2) is 0 Å². The molecule has 19 heavy (non-hydrogen) atoms. The zero-order valence-electron chi connectivity index (χ0n) is 11.0. The Morgan fingerprint density at radius 2 is 2.11 bits per heavy atom. The van der Waals surface area contributed by atoms with E-state index in [1.807, 2.05) is 0 Å². The molecular formula is C14H18N2O3. The van der Waals surface area contributed by atoms with Crippen molar-refractivity contribution in [1.29, 1.82) is 0 Å². The molecule has 1 aromatic rings. The Morgan fingerprint density at radius 1 is 1.37 bits per heavy atom. The number of rotatable bonds is 4. The summed E-state index contributed by atoms with van der Waals surface area (Å²) in [6.07, 6.45) is 4.65. The van der Waals surface area contributed by atoms with Crippen LogP contribution < -0.4 is 5.32 Å². The van der Waals surface area contributed by atoms with E-state index in [-0.39, 0.29) is 11.9 Å². The molecule has 1 aliphatic carbocycles. The summed E-state index contributed by atoms with van der Waals surface area (Å²) in [6.45, 7) is 2.08. The minimum Gasteiger partial charge on any atom is -0.464 e. The van der Waals surface area contributed by atoms with E-state index in [4.69, 9.17) is 4.74 Å². The highest BCUT2D eigenvalue weighted by Gasteiger charge is 2.44. The van der Waals surface area contributed by atoms with Gasteiger partial charge in [0, 0.05) is 6.20 Å². The fourth-order valence-corrected chi connectivity index (χ4v) is 2.41. The molecule has 1 N–H and O–H groups in total. The number of carbonyl (C=O) groups is 2. The van der Waals surface area contributed by atoms with Gasteiger partial charge in [-0.25, -0.2) is 4.79 Å². The number of amides is 1. The van der Waals surface area contributed by atoms with Crippen LogP contribution in [0.4, 0.5) is 0 Å². The van der Waals surface area contributed by atoms with Crippen molar-refractivity contribution < 1.29 is 14.3 Å². The fraction of sp³-hybridized carbons (Fsp3) is 0.500. The number of nitrogens with zero attached hydrogens (tertiary/aromatic N) is 1. The Balaban J connectivity index is 2.13. The smallest absolute Gasteiger partial charge is 0.331 e. The second-order valence-corrected chi connectivity index (χ2v) is 4.68. The zero-order valence-corrected chi connectivity index (χ0v) is 11.0. The van der Waals surface area contributed by atoms with Crippen molar-refractivity contribution in [1.82, 2.24) is 10.3 Å². The number of hydrogen-bond donors (Lipinski definition) is 1. The van der Waals surface area contributed by atoms with Crippen molar-refractivity contribution in [2.45, 2.75) is 38.1 Å². The molecule has 0 aliphatic heterocycles. The van der Waals surface area contributed by atoms with Crippen LogP contribution in [0, 0.1) is 0 Å². The van der Waals surface area contributed by atoms with Crippen LogP contribution in [-0.4, -0.2) is 29.0 Å². The summed E-state index contributed by atoms with van der Waals surface area (Å²) in [6, 6.07) is 5.12. The van der Waals surface area contributed by atoms with E-state index >= 15 is 0 Å². The van der Waals surface area contributed by atoms with Crippen LogP contribution in [0.2, 0.25) is 0 Å². The molecule has 0 unspecified atom stereocenters. The van der Waals surface area contributed by atoms with Gasteiger partial charge < -0.3 is 10.1 Å². The molecule has 5 nitrogen and oxygen atoms in total. The lowest BCUT2D eigenvalue weighted by Gasteiger charge is -2.27. The Hall–Kier alpha value is -1.91. The van der Waals surface area contributed by atoms with Gasteiger partial charge in [0.25, 0.3) is 5.91 Å². The lowest BCUT2D eigenvalue weighted by atomic mass is 9.97. The standard InChI is InChI=1S/C14H18N2O3/c1-2-19-13(18)14(8-4-5-9-14)16-12(17)11-7-3-6-10-15-11/h3,6-7,10H,2,4-5,8-9H2,1H3,(H,16,17). The number of ether oxygens (including phenoxy) is 1. The maximum Gasteiger partial charge on any atom is 0.331 e. The molecule has 1 aromatic heterocycles. The number of hydrogen-bond acceptors (Lipinski definition) is 4. The molecule has 1 saturated carbocycles. The van der Waals surface area contributed by atoms with Crippen LogP contribution >= 0.6 is 0 Å². The monoisotopic (exact) mass is 262 g/mol. The minimum absolute atomic E-state index is 0.318. The highest BCUT2D eigenvalue weighted by Crippen LogP contribution is 2.31. The molecule has 0 aromatic carbocycles. The lowest BCUT2D eigenvalue weighted by Crippen LogP contribution is -2.53. The number of aromatic nitrogens is 1. The van der Waals surface area contributed by atoms with Crippen molar-refractivity contribution in [3.63, 3.8) is 0 Å². The van der Waals surface area contributed by atoms with Crippen molar-refractivity contribution in [3.05, 3.63) is 30.1 Å². The molecule has 0 radical (unpaired) electrons. The van der Waals surface area contributed by atoms with E-state index in [0.717, 1.165) is 12.8 Å². The Labute approximate surface area is 112 Å². The highest BCUT2D eigenvalue weighted by molar-refractivity contribution is 5.96. The third kappa shape index (κ3) is 2.92. The van der Waals surface area contributed by atoms with E-state index in [9.17, 15) is 9.59 Å². The first-order chi connectivity index (χ1) is 9.18. The van der Waals surface area contributed by atoms with Gasteiger partial charge in [-0.15, -0.1) is 0 Å². The highest BCUT2D eigenvalue weighted by atomic mass is 16.5. The summed E-state index contributed by atoms with van der Waals surface area (Å²) < 4.78 is 5.09. The van der Waals surface area contributed by atoms with Crippen LogP contribution in [0.15, 0.2) is 24.4 Å². The van der Waals surface area contributed by atoms with Crippen LogP contribution in [0.1, 0.15) is 43.1 Å². The topological polar surface area (TPSA) is 68.3 Å². The number of esters is 1. The van der Waals surface area contributed by atoms with E-state index in [1.165, 1.54) is 0 Å². The average Bonchev–Trinajstić information content (AvgIpc) is 2.90. The van der Waals surface area contributed by atoms with Crippen LogP contribution in [0.5, 0.6) is 0 Å². The lowest BCUT2D eigenvalue weighted by molar-refractivity contribution is -0.150. The SMILES string of the molecule is CCOC(=O)C1(NC(=O)c2ccccn2)CCCC1. The number of nitrogens with one attached hydrogen (secondary N) is 1. The van der Waals surface area contributed by atoms with Gasteiger partial charge in [0.1, 0.15) is 11.2 Å². The van der Waals surface area contributed by atoms with Gasteiger partial charge >= 0.3 is 5.97 Å². The van der Waals surface area contributed by atoms with E-state index in [2.05, 4.69) is 10.3 Å². The first-order valence-corrected chi connectivity index (χ1v) is 6.59. The first-order valence-electron chi connectivity index (χ1n) is 6.59. The van der Waals surface area contributed by atoms with Gasteiger partial charge in [-0.2, -0.15) is 0 Å². The second kappa shape index (κ2) is 5.82. The van der Waals surface area contributed by atoms with Gasteiger partial charge in [0.2, 0.25) is 0 Å². The van der Waals surface area contributed by atoms with Crippen molar-refractivity contribution in [3.8, 4) is 0 Å². The Kier molecular flexibility index (Phi) is 4.14. The molecule has 0 spiro atoms. The summed E-state index contributed by atoms with van der Waals surface area (Å²) in [5.41, 5.74) is -0.553. The number of carbonyl (C=O) groups excluding carboxylic acids is 2. The summed E-state index contributed by atoms with van der Waals surface area (Å²) in [7, 11) is 0. The molecule has 1 aliphatic rings. The maximum atomic E-state index is 12.1. The summed E-state index contributed by atoms with van der Waals surface area (Å²) in [5.74, 6) is -0.660. The zero-order chi connectivity index (χ0) is 13.7. The van der Waals surface area contributed by atoms with Crippen molar-refractivity contribution >= 4 is 11.9 Å². The number of pyridine rings is 1. The Morgan fingerprint density at radius 3 is 2.68 bits per heavy atom. The third-order valence-corrected chi connectivity index (χ3v) is 3.37. The third-order valence-electron chi connectivity index (χ3n) is 3.37. The molecule has 5 heteroatoms. The van der Waals surface area contributed by atoms with Crippen LogP contribution in [0.25, 0.3) is 0 Å². The van der Waals surface area contributed by atoms with Crippen molar-refractivity contribution in [2.24, 2.45) is 0 Å². The van der Waals surface area contributed by atoms with Crippen LogP contribution in [-0.2, 0) is 9.53 Å². The van der Waals surface area contributed by atoms with Crippen LogP contribution in [0.3, 0.4) is 0 Å². The maximum absolute atomic E-state index is 12.1. The van der Waals surface area contributed by atoms with E-state index in [0.29, 0.717) is 25.1 Å². The largest absolute Gasteiger partial charge is 0.464 e. The second-order valence-electron chi connectivity index (χ2n) is 4.68. The summed E-state index contributed by atoms with van der Waals surface area (Å²) >= 11 is 0. The fourth-order valence-electron chi connectivity index (χ4n) is 2.41. The Bertz CT molecular complexity index is 453. The molecule has 1 heterocycles. The summed E-state index contributed by atoms with van der Waals surface area (Å²) in [4.78, 5) is 28.2. The first kappa shape index (κ1) is 13.5. The molecule has 0 bridgehead atoms. The molecule has 1 fully saturated rings. The molecule has 2 rings (SSSR count). The van der Waals surface area contributed by atoms with Gasteiger partial charge in [-0.1, -0.05) is 18.9 Å². The van der Waals surface area contributed by atoms with Gasteiger partial charge in [-0.05, 0) is 31.9 Å².